The zero-order valence-electron chi connectivity index (χ0n) is 7.84. The van der Waals surface area contributed by atoms with E-state index in [4.69, 9.17) is 5.73 Å². The van der Waals surface area contributed by atoms with Gasteiger partial charge in [0.1, 0.15) is 0 Å². The first kappa shape index (κ1) is 10.8. The second kappa shape index (κ2) is 5.42. The van der Waals surface area contributed by atoms with Gasteiger partial charge in [-0.25, -0.2) is 8.78 Å². The predicted octanol–water partition coefficient (Wildman–Crippen LogP) is 2.73. The van der Waals surface area contributed by atoms with Crippen LogP contribution in [0.2, 0.25) is 0 Å². The van der Waals surface area contributed by atoms with Crippen LogP contribution in [0.15, 0.2) is 24.3 Å². The maximum absolute atomic E-state index is 11.8. The second-order valence-electron chi connectivity index (χ2n) is 3.08. The van der Waals surface area contributed by atoms with Crippen molar-refractivity contribution >= 4 is 11.4 Å². The Hall–Kier alpha value is -1.32. The highest BCUT2D eigenvalue weighted by molar-refractivity contribution is 5.50. The molecule has 0 amide bonds. The van der Waals surface area contributed by atoms with Gasteiger partial charge in [-0.1, -0.05) is 0 Å². The number of anilines is 2. The highest BCUT2D eigenvalue weighted by atomic mass is 19.3. The van der Waals surface area contributed by atoms with Crippen molar-refractivity contribution in [1.29, 1.82) is 0 Å². The van der Waals surface area contributed by atoms with Gasteiger partial charge in [-0.05, 0) is 30.7 Å². The quantitative estimate of drug-likeness (QED) is 0.566. The number of nitrogens with two attached hydrogens (primary N) is 1. The lowest BCUT2D eigenvalue weighted by Gasteiger charge is -2.05. The molecule has 78 valence electrons. The van der Waals surface area contributed by atoms with Crippen LogP contribution in [0.3, 0.4) is 0 Å². The van der Waals surface area contributed by atoms with Gasteiger partial charge in [0.25, 0.3) is 0 Å². The minimum atomic E-state index is -2.21. The van der Waals surface area contributed by atoms with Crippen LogP contribution in [0.5, 0.6) is 0 Å². The molecule has 0 saturated carbocycles. The van der Waals surface area contributed by atoms with Gasteiger partial charge in [0.15, 0.2) is 0 Å². The smallest absolute Gasteiger partial charge is 0.238 e. The van der Waals surface area contributed by atoms with E-state index in [1.807, 2.05) is 12.1 Å². The third-order valence-electron chi connectivity index (χ3n) is 1.84. The Morgan fingerprint density at radius 3 is 2.43 bits per heavy atom. The number of rotatable bonds is 5. The number of hydrogen-bond donors (Lipinski definition) is 2. The summed E-state index contributed by atoms with van der Waals surface area (Å²) >= 11 is 0. The standard InChI is InChI=1S/C10H14F2N2/c11-10(12)2-1-7-14-9-5-3-8(13)4-6-9/h3-6,10,14H,1-2,7,13H2. The monoisotopic (exact) mass is 200 g/mol. The molecule has 14 heavy (non-hydrogen) atoms. The average Bonchev–Trinajstić information content (AvgIpc) is 2.15. The topological polar surface area (TPSA) is 38.0 Å². The van der Waals surface area contributed by atoms with E-state index < -0.39 is 6.43 Å². The molecule has 0 aliphatic rings. The molecular weight excluding hydrogens is 186 g/mol. The summed E-state index contributed by atoms with van der Waals surface area (Å²) in [6.45, 7) is 0.564. The Labute approximate surface area is 82.1 Å². The van der Waals surface area contributed by atoms with Gasteiger partial charge >= 0.3 is 0 Å². The van der Waals surface area contributed by atoms with Gasteiger partial charge in [-0.3, -0.25) is 0 Å². The third kappa shape index (κ3) is 4.07. The van der Waals surface area contributed by atoms with E-state index >= 15 is 0 Å². The highest BCUT2D eigenvalue weighted by Gasteiger charge is 2.00. The molecule has 0 heterocycles. The van der Waals surface area contributed by atoms with E-state index in [1.165, 1.54) is 0 Å². The van der Waals surface area contributed by atoms with Crippen molar-refractivity contribution in [3.8, 4) is 0 Å². The van der Waals surface area contributed by atoms with Crippen LogP contribution in [0.25, 0.3) is 0 Å². The van der Waals surface area contributed by atoms with Crippen molar-refractivity contribution in [2.45, 2.75) is 19.3 Å². The zero-order chi connectivity index (χ0) is 10.4. The molecule has 0 saturated heterocycles. The van der Waals surface area contributed by atoms with Crippen LogP contribution < -0.4 is 11.1 Å². The molecule has 3 N–H and O–H groups in total. The van der Waals surface area contributed by atoms with Gasteiger partial charge in [0.05, 0.1) is 0 Å². The second-order valence-corrected chi connectivity index (χ2v) is 3.08. The molecule has 2 nitrogen and oxygen atoms in total. The van der Waals surface area contributed by atoms with Gasteiger partial charge in [-0.2, -0.15) is 0 Å². The van der Waals surface area contributed by atoms with Crippen molar-refractivity contribution in [3.63, 3.8) is 0 Å². The Morgan fingerprint density at radius 1 is 1.21 bits per heavy atom. The fourth-order valence-electron chi connectivity index (χ4n) is 1.09. The van der Waals surface area contributed by atoms with Crippen LogP contribution >= 0.6 is 0 Å². The number of nitrogens with one attached hydrogen (secondary N) is 1. The molecule has 0 atom stereocenters. The number of alkyl halides is 2. The first-order valence-corrected chi connectivity index (χ1v) is 4.56. The summed E-state index contributed by atoms with van der Waals surface area (Å²) in [7, 11) is 0. The summed E-state index contributed by atoms with van der Waals surface area (Å²) in [6, 6.07) is 7.21. The first-order chi connectivity index (χ1) is 6.68. The van der Waals surface area contributed by atoms with E-state index in [0.717, 1.165) is 5.69 Å². The molecule has 0 bridgehead atoms. The van der Waals surface area contributed by atoms with E-state index in [2.05, 4.69) is 5.32 Å². The molecule has 0 spiro atoms. The number of hydrogen-bond acceptors (Lipinski definition) is 2. The van der Waals surface area contributed by atoms with E-state index in [-0.39, 0.29) is 6.42 Å². The van der Waals surface area contributed by atoms with Crippen LogP contribution in [0.4, 0.5) is 20.2 Å². The van der Waals surface area contributed by atoms with Crippen LogP contribution in [0, 0.1) is 0 Å². The minimum absolute atomic E-state index is 0.0536. The van der Waals surface area contributed by atoms with E-state index in [1.54, 1.807) is 12.1 Å². The summed E-state index contributed by atoms with van der Waals surface area (Å²) < 4.78 is 23.5. The van der Waals surface area contributed by atoms with Crippen molar-refractivity contribution in [3.05, 3.63) is 24.3 Å². The largest absolute Gasteiger partial charge is 0.399 e. The molecule has 0 radical (unpaired) electrons. The first-order valence-electron chi connectivity index (χ1n) is 4.56. The molecule has 0 unspecified atom stereocenters. The van der Waals surface area contributed by atoms with Crippen molar-refractivity contribution in [2.75, 3.05) is 17.6 Å². The summed E-state index contributed by atoms with van der Waals surface area (Å²) in [5, 5.41) is 3.04. The summed E-state index contributed by atoms with van der Waals surface area (Å²) in [5.41, 5.74) is 7.10. The summed E-state index contributed by atoms with van der Waals surface area (Å²) in [6.07, 6.45) is -1.78. The Kier molecular flexibility index (Phi) is 4.16. The molecule has 1 aromatic rings. The van der Waals surface area contributed by atoms with Gasteiger partial charge in [0.2, 0.25) is 6.43 Å². The average molecular weight is 200 g/mol. The Balaban J connectivity index is 2.21. The highest BCUT2D eigenvalue weighted by Crippen LogP contribution is 2.11. The molecule has 0 fully saturated rings. The van der Waals surface area contributed by atoms with Crippen LogP contribution in [-0.4, -0.2) is 13.0 Å². The Bertz CT molecular complexity index is 259. The van der Waals surface area contributed by atoms with Crippen molar-refractivity contribution in [2.24, 2.45) is 0 Å². The van der Waals surface area contributed by atoms with Gasteiger partial charge < -0.3 is 11.1 Å². The molecule has 4 heteroatoms. The molecule has 0 aliphatic carbocycles. The normalized spacial score (nSPS) is 10.5. The molecular formula is C10H14F2N2. The number of halogens is 2. The summed E-state index contributed by atoms with van der Waals surface area (Å²) in [5.74, 6) is 0. The van der Waals surface area contributed by atoms with E-state index in [0.29, 0.717) is 18.7 Å². The van der Waals surface area contributed by atoms with Gasteiger partial charge in [0, 0.05) is 24.3 Å². The fraction of sp³-hybridized carbons (Fsp3) is 0.400. The Morgan fingerprint density at radius 2 is 1.86 bits per heavy atom. The SMILES string of the molecule is Nc1ccc(NCCCC(F)F)cc1. The van der Waals surface area contributed by atoms with Gasteiger partial charge in [-0.15, -0.1) is 0 Å². The van der Waals surface area contributed by atoms with Crippen LogP contribution in [-0.2, 0) is 0 Å². The maximum atomic E-state index is 11.8. The number of nitrogen functional groups attached to an aromatic ring is 1. The zero-order valence-corrected chi connectivity index (χ0v) is 7.84. The molecule has 1 rings (SSSR count). The summed E-state index contributed by atoms with van der Waals surface area (Å²) in [4.78, 5) is 0. The lowest BCUT2D eigenvalue weighted by Crippen LogP contribution is -2.03. The fourth-order valence-corrected chi connectivity index (χ4v) is 1.09. The molecule has 0 aromatic heterocycles. The van der Waals surface area contributed by atoms with E-state index in [9.17, 15) is 8.78 Å². The molecule has 0 aliphatic heterocycles. The maximum Gasteiger partial charge on any atom is 0.238 e. The van der Waals surface area contributed by atoms with Crippen molar-refractivity contribution < 1.29 is 8.78 Å². The predicted molar refractivity (Wildman–Crippen MR) is 54.6 cm³/mol. The minimum Gasteiger partial charge on any atom is -0.399 e. The third-order valence-corrected chi connectivity index (χ3v) is 1.84. The lowest BCUT2D eigenvalue weighted by atomic mass is 10.2. The lowest BCUT2D eigenvalue weighted by molar-refractivity contribution is 0.136. The van der Waals surface area contributed by atoms with Crippen molar-refractivity contribution in [1.82, 2.24) is 0 Å². The number of benzene rings is 1. The van der Waals surface area contributed by atoms with Crippen LogP contribution in [0.1, 0.15) is 12.8 Å². The molecule has 1 aromatic carbocycles.